The largest absolute Gasteiger partial charge is 0.508 e. The highest BCUT2D eigenvalue weighted by Gasteiger charge is 2.57. The molecule has 3 aliphatic heterocycles. The van der Waals surface area contributed by atoms with E-state index in [0.29, 0.717) is 12.8 Å². The third kappa shape index (κ3) is 9.72. The average Bonchev–Trinajstić information content (AvgIpc) is 3.44. The van der Waals surface area contributed by atoms with Crippen molar-refractivity contribution in [2.24, 2.45) is 23.7 Å². The zero-order valence-corrected chi connectivity index (χ0v) is 33.6. The van der Waals surface area contributed by atoms with Crippen LogP contribution in [0.25, 0.3) is 0 Å². The summed E-state index contributed by atoms with van der Waals surface area (Å²) in [6.45, 7) is 13.2. The number of alkyl carbamates (subject to hydrolysis) is 1. The van der Waals surface area contributed by atoms with Crippen LogP contribution in [0.1, 0.15) is 100 Å². The molecule has 0 bridgehead atoms. The second-order valence-electron chi connectivity index (χ2n) is 16.3. The fraction of sp³-hybridized carbons (Fsp3) is 0.775. The number of rotatable bonds is 9. The van der Waals surface area contributed by atoms with E-state index in [1.54, 1.807) is 41.5 Å². The number of fused-ring (bicyclic) bond motifs is 1. The van der Waals surface area contributed by atoms with Gasteiger partial charge in [-0.15, -0.1) is 0 Å². The Hall–Kier alpha value is -3.33. The number of allylic oxidation sites excluding steroid dienone is 4. The summed E-state index contributed by atoms with van der Waals surface area (Å²) >= 11 is 0. The maximum Gasteiger partial charge on any atom is 0.508 e. The predicted octanol–water partition coefficient (Wildman–Crippen LogP) is 5.04. The van der Waals surface area contributed by atoms with E-state index in [1.165, 1.54) is 12.5 Å². The number of aliphatic hydroxyl groups is 1. The summed E-state index contributed by atoms with van der Waals surface area (Å²) in [5, 5.41) is 14.2. The highest BCUT2D eigenvalue weighted by Crippen LogP contribution is 2.40. The summed E-state index contributed by atoms with van der Waals surface area (Å²) < 4.78 is 36.0. The zero-order chi connectivity index (χ0) is 40.1. The van der Waals surface area contributed by atoms with Gasteiger partial charge in [-0.25, -0.2) is 9.59 Å². The van der Waals surface area contributed by atoms with Gasteiger partial charge in [0.15, 0.2) is 17.7 Å². The number of carbonyl (C=O) groups is 5. The number of ketones is 2. The molecule has 1 amide bonds. The van der Waals surface area contributed by atoms with Crippen molar-refractivity contribution < 1.29 is 57.5 Å². The van der Waals surface area contributed by atoms with Crippen molar-refractivity contribution in [3.63, 3.8) is 0 Å². The molecule has 3 heterocycles. The first kappa shape index (κ1) is 43.4. The third-order valence-electron chi connectivity index (χ3n) is 11.7. The number of amides is 1. The molecule has 0 saturated carbocycles. The Balaban J connectivity index is 1.75. The van der Waals surface area contributed by atoms with Crippen molar-refractivity contribution in [3.8, 4) is 0 Å². The topological polar surface area (TPSA) is 176 Å². The fourth-order valence-corrected chi connectivity index (χ4v) is 8.62. The quantitative estimate of drug-likeness (QED) is 0.138. The number of aliphatic hydroxyl groups excluding tert-OH is 1. The first-order valence-corrected chi connectivity index (χ1v) is 19.5. The second kappa shape index (κ2) is 18.1. The lowest BCUT2D eigenvalue weighted by atomic mass is 9.73. The van der Waals surface area contributed by atoms with E-state index >= 15 is 0 Å². The fourth-order valence-electron chi connectivity index (χ4n) is 8.62. The summed E-state index contributed by atoms with van der Waals surface area (Å²) in [7, 11) is 3.66. The van der Waals surface area contributed by atoms with Gasteiger partial charge < -0.3 is 43.7 Å². The SMILES string of the molecule is CC[C@H]1OC(=O)[C@H](C)C(=O)[C@H](C)[C@@H](O[C@@H]2O[C@H](C)C[C@H](N(C)C)[C@H]2O)[C@](C)(OC(=O)OCCCC2=CC=CCC2)C[C@@H](C)C(=O)[C@H](C)[C@H]2NC(=O)O[C@@]21C. The molecule has 54 heavy (non-hydrogen) atoms. The second-order valence-corrected chi connectivity index (χ2v) is 16.3. The molecule has 304 valence electrons. The first-order chi connectivity index (χ1) is 25.3. The van der Waals surface area contributed by atoms with Crippen molar-refractivity contribution in [1.82, 2.24) is 10.2 Å². The molecule has 14 heteroatoms. The Bertz CT molecular complexity index is 1450. The van der Waals surface area contributed by atoms with Crippen LogP contribution < -0.4 is 5.32 Å². The van der Waals surface area contributed by atoms with Gasteiger partial charge in [0.05, 0.1) is 18.8 Å². The predicted molar refractivity (Wildman–Crippen MR) is 197 cm³/mol. The standard InChI is InChI=1S/C40H62N2O12/c1-11-29-40(8)33(41-37(47)53-40)24(4)30(43)22(2)21-39(7,54-38(48)49-19-15-18-27-16-13-12-14-17-27)34(25(5)31(44)26(6)35(46)51-29)52-36-32(45)28(42(9)10)20-23(3)50-36/h12-13,16,22-26,28-29,32-34,36,45H,11,14-15,17-21H2,1-10H3,(H,41,47)/t22-,23-,24+,25+,26-,28+,29-,32-,33-,34-,36+,39-,40-/m1/s1. The smallest absolute Gasteiger partial charge is 0.458 e. The van der Waals surface area contributed by atoms with Gasteiger partial charge in [-0.3, -0.25) is 14.4 Å². The van der Waals surface area contributed by atoms with Crippen molar-refractivity contribution in [1.29, 1.82) is 0 Å². The van der Waals surface area contributed by atoms with Crippen LogP contribution in [-0.4, -0.2) is 114 Å². The van der Waals surface area contributed by atoms with Crippen LogP contribution in [0.5, 0.6) is 0 Å². The van der Waals surface area contributed by atoms with Crippen LogP contribution in [0, 0.1) is 23.7 Å². The third-order valence-corrected chi connectivity index (χ3v) is 11.7. The van der Waals surface area contributed by atoms with Crippen LogP contribution in [0.15, 0.2) is 23.8 Å². The lowest BCUT2D eigenvalue weighted by molar-refractivity contribution is -0.293. The molecule has 0 aromatic heterocycles. The molecular weight excluding hydrogens is 700 g/mol. The maximum absolute atomic E-state index is 14.3. The van der Waals surface area contributed by atoms with Gasteiger partial charge in [0, 0.05) is 23.8 Å². The Morgan fingerprint density at radius 1 is 1.06 bits per heavy atom. The minimum Gasteiger partial charge on any atom is -0.458 e. The first-order valence-electron chi connectivity index (χ1n) is 19.5. The Labute approximate surface area is 319 Å². The maximum atomic E-state index is 14.3. The number of nitrogens with one attached hydrogen (secondary N) is 1. The highest BCUT2D eigenvalue weighted by molar-refractivity contribution is 6.00. The molecule has 0 spiro atoms. The Morgan fingerprint density at radius 3 is 2.39 bits per heavy atom. The van der Waals surface area contributed by atoms with E-state index in [2.05, 4.69) is 17.5 Å². The molecule has 1 aliphatic carbocycles. The summed E-state index contributed by atoms with van der Waals surface area (Å²) in [5.74, 6) is -5.88. The van der Waals surface area contributed by atoms with Crippen molar-refractivity contribution >= 4 is 29.8 Å². The number of cyclic esters (lactones) is 1. The molecule has 0 unspecified atom stereocenters. The van der Waals surface area contributed by atoms with E-state index < -0.39 is 89.5 Å². The van der Waals surface area contributed by atoms with E-state index in [1.807, 2.05) is 32.0 Å². The van der Waals surface area contributed by atoms with E-state index in [4.69, 9.17) is 28.4 Å². The van der Waals surface area contributed by atoms with Crippen LogP contribution in [-0.2, 0) is 42.8 Å². The molecule has 13 atom stereocenters. The van der Waals surface area contributed by atoms with E-state index in [9.17, 15) is 29.1 Å². The lowest BCUT2D eigenvalue weighted by Gasteiger charge is -2.46. The number of carbonyl (C=O) groups excluding carboxylic acids is 5. The monoisotopic (exact) mass is 762 g/mol. The molecule has 4 rings (SSSR count). The van der Waals surface area contributed by atoms with Crippen LogP contribution in [0.4, 0.5) is 9.59 Å². The normalized spacial score (nSPS) is 39.5. The zero-order valence-electron chi connectivity index (χ0n) is 33.6. The van der Waals surface area contributed by atoms with E-state index in [-0.39, 0.29) is 37.4 Å². The molecule has 14 nitrogen and oxygen atoms in total. The van der Waals surface area contributed by atoms with Crippen molar-refractivity contribution in [2.45, 2.75) is 154 Å². The highest BCUT2D eigenvalue weighted by atomic mass is 16.8. The number of hydrogen-bond donors (Lipinski definition) is 2. The number of ether oxygens (including phenoxy) is 6. The van der Waals surface area contributed by atoms with Gasteiger partial charge in [-0.1, -0.05) is 51.5 Å². The van der Waals surface area contributed by atoms with Gasteiger partial charge in [0.25, 0.3) is 0 Å². The molecule has 0 aromatic carbocycles. The van der Waals surface area contributed by atoms with Crippen LogP contribution >= 0.6 is 0 Å². The molecular formula is C40H62N2O12. The van der Waals surface area contributed by atoms with Crippen molar-refractivity contribution in [3.05, 3.63) is 23.8 Å². The summed E-state index contributed by atoms with van der Waals surface area (Å²) in [4.78, 5) is 70.5. The van der Waals surface area contributed by atoms with Crippen molar-refractivity contribution in [2.75, 3.05) is 20.7 Å². The Morgan fingerprint density at radius 2 is 1.76 bits per heavy atom. The molecule has 0 aromatic rings. The van der Waals surface area contributed by atoms with Gasteiger partial charge in [-0.2, -0.15) is 0 Å². The summed E-state index contributed by atoms with van der Waals surface area (Å²) in [6.07, 6.45) is 3.10. The van der Waals surface area contributed by atoms with Gasteiger partial charge >= 0.3 is 18.2 Å². The molecule has 2 N–H and O–H groups in total. The number of Topliss-reactive ketones (excluding diaryl/α,β-unsaturated/α-hetero) is 2. The number of esters is 1. The van der Waals surface area contributed by atoms with Gasteiger partial charge in [0.1, 0.15) is 35.6 Å². The van der Waals surface area contributed by atoms with E-state index in [0.717, 1.165) is 19.3 Å². The molecule has 0 radical (unpaired) electrons. The molecule has 3 fully saturated rings. The van der Waals surface area contributed by atoms with Gasteiger partial charge in [-0.05, 0) is 86.7 Å². The molecule has 4 aliphatic rings. The van der Waals surface area contributed by atoms with Gasteiger partial charge in [0.2, 0.25) is 0 Å². The number of hydrogen-bond acceptors (Lipinski definition) is 13. The minimum absolute atomic E-state index is 0.0649. The number of likely N-dealkylation sites (N-methyl/N-ethyl adjacent to an activating group) is 1. The summed E-state index contributed by atoms with van der Waals surface area (Å²) in [6, 6.07) is -1.26. The molecule has 3 saturated heterocycles. The minimum atomic E-state index is -1.74. The van der Waals surface area contributed by atoms with Crippen LogP contribution in [0.2, 0.25) is 0 Å². The number of nitrogens with zero attached hydrogens (tertiary/aromatic N) is 1. The average molecular weight is 763 g/mol. The Kier molecular flexibility index (Phi) is 14.5. The lowest BCUT2D eigenvalue weighted by Crippen LogP contribution is -2.60. The van der Waals surface area contributed by atoms with Crippen LogP contribution in [0.3, 0.4) is 0 Å². The summed E-state index contributed by atoms with van der Waals surface area (Å²) in [5.41, 5.74) is -1.92.